The van der Waals surface area contributed by atoms with E-state index < -0.39 is 0 Å². The first kappa shape index (κ1) is 15.5. The summed E-state index contributed by atoms with van der Waals surface area (Å²) in [4.78, 5) is 9.25. The molecule has 7 heteroatoms. The number of rotatable bonds is 6. The van der Waals surface area contributed by atoms with Crippen LogP contribution in [0.3, 0.4) is 0 Å². The summed E-state index contributed by atoms with van der Waals surface area (Å²) in [5, 5.41) is 12.4. The second-order valence-electron chi connectivity index (χ2n) is 6.95. The van der Waals surface area contributed by atoms with Crippen LogP contribution in [-0.2, 0) is 0 Å². The first-order valence-electron chi connectivity index (χ1n) is 8.80. The molecule has 0 radical (unpaired) electrons. The molecule has 2 atom stereocenters. The first-order valence-corrected chi connectivity index (χ1v) is 8.80. The van der Waals surface area contributed by atoms with Crippen LogP contribution in [0.25, 0.3) is 0 Å². The molecule has 1 aliphatic heterocycles. The molecule has 128 valence electrons. The van der Waals surface area contributed by atoms with Gasteiger partial charge in [0.2, 0.25) is 5.89 Å². The van der Waals surface area contributed by atoms with Crippen molar-refractivity contribution in [2.75, 3.05) is 25.0 Å². The standard InChI is InChI=1S/C17H24N6O/c1-12(17-19-16(21-24-17)13-7-8-13)22(2)11-14-5-4-10-23(14)15-6-3-9-18-20-15/h3,6,9,12-14H,4-5,7-8,10-11H2,1-2H3/t12-,14+/m0/s1. The van der Waals surface area contributed by atoms with Gasteiger partial charge in [-0.1, -0.05) is 5.16 Å². The van der Waals surface area contributed by atoms with E-state index in [0.717, 1.165) is 30.6 Å². The maximum atomic E-state index is 5.49. The zero-order valence-corrected chi connectivity index (χ0v) is 14.3. The third kappa shape index (κ3) is 3.13. The van der Waals surface area contributed by atoms with Crippen LogP contribution in [-0.4, -0.2) is 51.4 Å². The fourth-order valence-corrected chi connectivity index (χ4v) is 3.38. The molecule has 2 fully saturated rings. The van der Waals surface area contributed by atoms with Crippen molar-refractivity contribution >= 4 is 5.82 Å². The number of aromatic nitrogens is 4. The maximum Gasteiger partial charge on any atom is 0.243 e. The predicted octanol–water partition coefficient (Wildman–Crippen LogP) is 2.40. The zero-order valence-electron chi connectivity index (χ0n) is 14.3. The summed E-state index contributed by atoms with van der Waals surface area (Å²) in [6.07, 6.45) is 6.47. The smallest absolute Gasteiger partial charge is 0.243 e. The van der Waals surface area contributed by atoms with Crippen LogP contribution in [0.2, 0.25) is 0 Å². The van der Waals surface area contributed by atoms with Crippen molar-refractivity contribution in [2.24, 2.45) is 0 Å². The van der Waals surface area contributed by atoms with Gasteiger partial charge >= 0.3 is 0 Å². The fraction of sp³-hybridized carbons (Fsp3) is 0.647. The number of nitrogens with zero attached hydrogens (tertiary/aromatic N) is 6. The highest BCUT2D eigenvalue weighted by molar-refractivity contribution is 5.39. The Labute approximate surface area is 142 Å². The summed E-state index contributed by atoms with van der Waals surface area (Å²) in [6, 6.07) is 4.55. The Morgan fingerprint density at radius 3 is 3.00 bits per heavy atom. The van der Waals surface area contributed by atoms with Gasteiger partial charge in [-0.2, -0.15) is 10.1 Å². The summed E-state index contributed by atoms with van der Waals surface area (Å²) in [5.74, 6) is 3.10. The lowest BCUT2D eigenvalue weighted by Crippen LogP contribution is -2.40. The van der Waals surface area contributed by atoms with Crippen molar-refractivity contribution in [3.63, 3.8) is 0 Å². The van der Waals surface area contributed by atoms with Crippen LogP contribution in [0.4, 0.5) is 5.82 Å². The third-order valence-electron chi connectivity index (χ3n) is 5.15. The number of anilines is 1. The molecule has 1 aliphatic carbocycles. The van der Waals surface area contributed by atoms with E-state index in [9.17, 15) is 0 Å². The van der Waals surface area contributed by atoms with Gasteiger partial charge in [-0.3, -0.25) is 4.90 Å². The molecule has 24 heavy (non-hydrogen) atoms. The molecule has 0 N–H and O–H groups in total. The predicted molar refractivity (Wildman–Crippen MR) is 89.7 cm³/mol. The Morgan fingerprint density at radius 2 is 2.25 bits per heavy atom. The maximum absolute atomic E-state index is 5.49. The summed E-state index contributed by atoms with van der Waals surface area (Å²) < 4.78 is 5.49. The van der Waals surface area contributed by atoms with E-state index in [-0.39, 0.29) is 6.04 Å². The fourth-order valence-electron chi connectivity index (χ4n) is 3.38. The summed E-state index contributed by atoms with van der Waals surface area (Å²) in [5.41, 5.74) is 0. The van der Waals surface area contributed by atoms with Gasteiger partial charge in [0.25, 0.3) is 0 Å². The average molecular weight is 328 g/mol. The van der Waals surface area contributed by atoms with Crippen molar-refractivity contribution in [1.29, 1.82) is 0 Å². The lowest BCUT2D eigenvalue weighted by molar-refractivity contribution is 0.199. The lowest BCUT2D eigenvalue weighted by atomic mass is 10.2. The van der Waals surface area contributed by atoms with Gasteiger partial charge in [0.15, 0.2) is 11.6 Å². The minimum absolute atomic E-state index is 0.120. The zero-order chi connectivity index (χ0) is 16.5. The highest BCUT2D eigenvalue weighted by atomic mass is 16.5. The molecule has 0 bridgehead atoms. The van der Waals surface area contributed by atoms with Gasteiger partial charge in [-0.05, 0) is 51.8 Å². The van der Waals surface area contributed by atoms with Gasteiger partial charge in [0.1, 0.15) is 0 Å². The van der Waals surface area contributed by atoms with Crippen LogP contribution in [0.15, 0.2) is 22.9 Å². The largest absolute Gasteiger partial charge is 0.351 e. The van der Waals surface area contributed by atoms with E-state index in [1.807, 2.05) is 12.1 Å². The Hall–Kier alpha value is -2.02. The Bertz CT molecular complexity index is 671. The van der Waals surface area contributed by atoms with Crippen molar-refractivity contribution in [1.82, 2.24) is 25.2 Å². The molecule has 4 rings (SSSR count). The van der Waals surface area contributed by atoms with E-state index in [0.29, 0.717) is 12.0 Å². The van der Waals surface area contributed by atoms with Crippen molar-refractivity contribution < 1.29 is 4.52 Å². The molecule has 1 saturated heterocycles. The molecule has 0 spiro atoms. The third-order valence-corrected chi connectivity index (χ3v) is 5.15. The molecule has 3 heterocycles. The molecular weight excluding hydrogens is 304 g/mol. The van der Waals surface area contributed by atoms with Crippen LogP contribution < -0.4 is 4.90 Å². The molecule has 0 unspecified atom stereocenters. The highest BCUT2D eigenvalue weighted by Gasteiger charge is 2.32. The van der Waals surface area contributed by atoms with E-state index >= 15 is 0 Å². The first-order chi connectivity index (χ1) is 11.7. The number of hydrogen-bond acceptors (Lipinski definition) is 7. The molecule has 2 aromatic rings. The minimum Gasteiger partial charge on any atom is -0.351 e. The van der Waals surface area contributed by atoms with Crippen molar-refractivity contribution in [2.45, 2.75) is 50.6 Å². The molecule has 2 aromatic heterocycles. The summed E-state index contributed by atoms with van der Waals surface area (Å²) in [6.45, 7) is 4.11. The lowest BCUT2D eigenvalue weighted by Gasteiger charge is -2.31. The second-order valence-corrected chi connectivity index (χ2v) is 6.95. The Balaban J connectivity index is 1.41. The van der Waals surface area contributed by atoms with Crippen LogP contribution in [0.5, 0.6) is 0 Å². The highest BCUT2D eigenvalue weighted by Crippen LogP contribution is 2.38. The molecule has 1 saturated carbocycles. The average Bonchev–Trinajstić information content (AvgIpc) is 3.16. The summed E-state index contributed by atoms with van der Waals surface area (Å²) >= 11 is 0. The van der Waals surface area contributed by atoms with Crippen LogP contribution in [0, 0.1) is 0 Å². The van der Waals surface area contributed by atoms with E-state index in [4.69, 9.17) is 4.52 Å². The van der Waals surface area contributed by atoms with Crippen LogP contribution in [0.1, 0.15) is 56.3 Å². The molecule has 0 amide bonds. The van der Waals surface area contributed by atoms with Gasteiger partial charge in [-0.25, -0.2) is 0 Å². The molecular formula is C17H24N6O. The quantitative estimate of drug-likeness (QED) is 0.806. The van der Waals surface area contributed by atoms with Crippen molar-refractivity contribution in [3.8, 4) is 0 Å². The number of hydrogen-bond donors (Lipinski definition) is 0. The van der Waals surface area contributed by atoms with Gasteiger partial charge in [0, 0.05) is 31.2 Å². The molecule has 7 nitrogen and oxygen atoms in total. The van der Waals surface area contributed by atoms with E-state index in [1.165, 1.54) is 25.7 Å². The monoisotopic (exact) mass is 328 g/mol. The molecule has 0 aromatic carbocycles. The number of likely N-dealkylation sites (N-methyl/N-ethyl adjacent to an activating group) is 1. The normalized spacial score (nSPS) is 22.3. The minimum atomic E-state index is 0.120. The SMILES string of the molecule is C[C@@H](c1nc(C2CC2)no1)N(C)C[C@H]1CCCN1c1cccnn1. The van der Waals surface area contributed by atoms with E-state index in [2.05, 4.69) is 44.1 Å². The topological polar surface area (TPSA) is 71.2 Å². The summed E-state index contributed by atoms with van der Waals surface area (Å²) in [7, 11) is 2.12. The Morgan fingerprint density at radius 1 is 1.38 bits per heavy atom. The molecule has 2 aliphatic rings. The van der Waals surface area contributed by atoms with Crippen molar-refractivity contribution in [3.05, 3.63) is 30.0 Å². The van der Waals surface area contributed by atoms with Crippen LogP contribution >= 0.6 is 0 Å². The van der Waals surface area contributed by atoms with E-state index in [1.54, 1.807) is 6.20 Å². The van der Waals surface area contributed by atoms with Gasteiger partial charge < -0.3 is 9.42 Å². The van der Waals surface area contributed by atoms with Gasteiger partial charge in [0.05, 0.1) is 6.04 Å². The van der Waals surface area contributed by atoms with Gasteiger partial charge in [-0.15, -0.1) is 5.10 Å². The Kier molecular flexibility index (Phi) is 4.18. The second kappa shape index (κ2) is 6.47.